The summed E-state index contributed by atoms with van der Waals surface area (Å²) >= 11 is 0. The van der Waals surface area contributed by atoms with Crippen LogP contribution in [0.3, 0.4) is 0 Å². The Morgan fingerprint density at radius 1 is 0.826 bits per heavy atom. The maximum absolute atomic E-state index is 5.63. The molecule has 4 rings (SSSR count). The molecule has 1 N–H and O–H groups in total. The van der Waals surface area contributed by atoms with Crippen LogP contribution in [0.1, 0.15) is 44.1 Å². The van der Waals surface area contributed by atoms with Crippen LogP contribution in [-0.4, -0.2) is 44.3 Å². The standard InChI is InChI=1S/C20H30N2O/c1-2-4-18(5-3-1)20(22-14-16-23-17-15-22)8-6-19(7-9-20)10-12-21-13-11-19/h1-5,21H,6-17H2. The van der Waals surface area contributed by atoms with Crippen molar-refractivity contribution in [3.63, 3.8) is 0 Å². The molecule has 0 aromatic heterocycles. The number of hydrogen-bond acceptors (Lipinski definition) is 3. The monoisotopic (exact) mass is 314 g/mol. The third-order valence-electron chi connectivity index (χ3n) is 6.73. The molecule has 1 aromatic rings. The molecule has 23 heavy (non-hydrogen) atoms. The summed E-state index contributed by atoms with van der Waals surface area (Å²) in [5.41, 5.74) is 2.41. The highest BCUT2D eigenvalue weighted by atomic mass is 16.5. The van der Waals surface area contributed by atoms with Crippen molar-refractivity contribution in [3.8, 4) is 0 Å². The SMILES string of the molecule is c1ccc(C2(N3CCOCC3)CCC3(CCNCC3)CC2)cc1. The van der Waals surface area contributed by atoms with E-state index in [9.17, 15) is 0 Å². The molecule has 1 spiro atoms. The average molecular weight is 314 g/mol. The molecule has 3 nitrogen and oxygen atoms in total. The van der Waals surface area contributed by atoms with E-state index >= 15 is 0 Å². The molecule has 0 bridgehead atoms. The minimum absolute atomic E-state index is 0.251. The Morgan fingerprint density at radius 2 is 1.48 bits per heavy atom. The first-order valence-corrected chi connectivity index (χ1v) is 9.42. The van der Waals surface area contributed by atoms with E-state index in [4.69, 9.17) is 4.74 Å². The zero-order chi connectivity index (χ0) is 15.6. The Labute approximate surface area is 140 Å². The van der Waals surface area contributed by atoms with E-state index in [-0.39, 0.29) is 5.54 Å². The number of ether oxygens (including phenoxy) is 1. The van der Waals surface area contributed by atoms with E-state index in [1.54, 1.807) is 0 Å². The summed E-state index contributed by atoms with van der Waals surface area (Å²) < 4.78 is 5.63. The van der Waals surface area contributed by atoms with E-state index in [2.05, 4.69) is 40.5 Å². The quantitative estimate of drug-likeness (QED) is 0.907. The van der Waals surface area contributed by atoms with Gasteiger partial charge in [-0.2, -0.15) is 0 Å². The molecule has 0 amide bonds. The molecule has 2 aliphatic heterocycles. The lowest BCUT2D eigenvalue weighted by Gasteiger charge is -2.54. The molecular weight excluding hydrogens is 284 g/mol. The van der Waals surface area contributed by atoms with Crippen molar-refractivity contribution in [1.29, 1.82) is 0 Å². The van der Waals surface area contributed by atoms with Gasteiger partial charge < -0.3 is 10.1 Å². The zero-order valence-corrected chi connectivity index (χ0v) is 14.2. The minimum atomic E-state index is 0.251. The number of nitrogens with zero attached hydrogens (tertiary/aromatic N) is 1. The van der Waals surface area contributed by atoms with Crippen molar-refractivity contribution < 1.29 is 4.74 Å². The molecule has 126 valence electrons. The van der Waals surface area contributed by atoms with Crippen molar-refractivity contribution in [2.24, 2.45) is 5.41 Å². The van der Waals surface area contributed by atoms with Gasteiger partial charge in [-0.05, 0) is 62.6 Å². The number of piperidine rings is 1. The van der Waals surface area contributed by atoms with Gasteiger partial charge in [0.15, 0.2) is 0 Å². The molecule has 0 radical (unpaired) electrons. The van der Waals surface area contributed by atoms with Crippen LogP contribution in [0.2, 0.25) is 0 Å². The molecule has 0 unspecified atom stereocenters. The highest BCUT2D eigenvalue weighted by molar-refractivity contribution is 5.26. The second-order valence-electron chi connectivity index (χ2n) is 7.75. The molecule has 3 aliphatic rings. The average Bonchev–Trinajstić information content (AvgIpc) is 2.65. The summed E-state index contributed by atoms with van der Waals surface area (Å²) in [6, 6.07) is 11.3. The first-order valence-electron chi connectivity index (χ1n) is 9.42. The molecule has 2 saturated heterocycles. The van der Waals surface area contributed by atoms with Crippen molar-refractivity contribution in [2.45, 2.75) is 44.1 Å². The van der Waals surface area contributed by atoms with E-state index in [1.165, 1.54) is 57.2 Å². The molecule has 2 heterocycles. The Hall–Kier alpha value is -0.900. The van der Waals surface area contributed by atoms with E-state index in [0.29, 0.717) is 5.41 Å². The van der Waals surface area contributed by atoms with Gasteiger partial charge in [0.05, 0.1) is 13.2 Å². The van der Waals surface area contributed by atoms with Crippen molar-refractivity contribution in [2.75, 3.05) is 39.4 Å². The summed E-state index contributed by atoms with van der Waals surface area (Å²) in [6.07, 6.45) is 8.16. The third-order valence-corrected chi connectivity index (χ3v) is 6.73. The van der Waals surface area contributed by atoms with Gasteiger partial charge >= 0.3 is 0 Å². The first-order chi connectivity index (χ1) is 11.3. The molecular formula is C20H30N2O. The Morgan fingerprint density at radius 3 is 2.13 bits per heavy atom. The fourth-order valence-corrected chi connectivity index (χ4v) is 5.18. The van der Waals surface area contributed by atoms with Crippen LogP contribution in [-0.2, 0) is 10.3 Å². The Kier molecular flexibility index (Phi) is 4.44. The molecule has 3 heteroatoms. The lowest BCUT2D eigenvalue weighted by molar-refractivity contribution is -0.0617. The Bertz CT molecular complexity index is 494. The van der Waals surface area contributed by atoms with Crippen molar-refractivity contribution >= 4 is 0 Å². The summed E-state index contributed by atoms with van der Waals surface area (Å²) in [5, 5.41) is 3.55. The van der Waals surface area contributed by atoms with Gasteiger partial charge in [-0.15, -0.1) is 0 Å². The van der Waals surface area contributed by atoms with Gasteiger partial charge in [0.1, 0.15) is 0 Å². The summed E-state index contributed by atoms with van der Waals surface area (Å²) in [6.45, 7) is 6.39. The van der Waals surface area contributed by atoms with Gasteiger partial charge in [-0.25, -0.2) is 0 Å². The molecule has 0 atom stereocenters. The summed E-state index contributed by atoms with van der Waals surface area (Å²) in [5.74, 6) is 0. The summed E-state index contributed by atoms with van der Waals surface area (Å²) in [7, 11) is 0. The van der Waals surface area contributed by atoms with Crippen LogP contribution >= 0.6 is 0 Å². The number of hydrogen-bond donors (Lipinski definition) is 1. The van der Waals surface area contributed by atoms with Gasteiger partial charge in [-0.1, -0.05) is 30.3 Å². The number of benzene rings is 1. The van der Waals surface area contributed by atoms with Gasteiger partial charge in [0.2, 0.25) is 0 Å². The van der Waals surface area contributed by atoms with E-state index in [0.717, 1.165) is 26.3 Å². The van der Waals surface area contributed by atoms with Crippen LogP contribution in [0.15, 0.2) is 30.3 Å². The smallest absolute Gasteiger partial charge is 0.0594 e. The lowest BCUT2D eigenvalue weighted by Crippen LogP contribution is -2.55. The van der Waals surface area contributed by atoms with Crippen LogP contribution in [0, 0.1) is 5.41 Å². The normalized spacial score (nSPS) is 27.8. The Balaban J connectivity index is 1.60. The van der Waals surface area contributed by atoms with Gasteiger partial charge in [-0.3, -0.25) is 4.90 Å². The van der Waals surface area contributed by atoms with Crippen molar-refractivity contribution in [1.82, 2.24) is 10.2 Å². The van der Waals surface area contributed by atoms with Crippen molar-refractivity contribution in [3.05, 3.63) is 35.9 Å². The highest BCUT2D eigenvalue weighted by Gasteiger charge is 2.47. The number of morpholine rings is 1. The number of rotatable bonds is 2. The predicted molar refractivity (Wildman–Crippen MR) is 93.5 cm³/mol. The minimum Gasteiger partial charge on any atom is -0.379 e. The topological polar surface area (TPSA) is 24.5 Å². The number of nitrogens with one attached hydrogen (secondary N) is 1. The zero-order valence-electron chi connectivity index (χ0n) is 14.2. The molecule has 1 aliphatic carbocycles. The van der Waals surface area contributed by atoms with Gasteiger partial charge in [0, 0.05) is 18.6 Å². The van der Waals surface area contributed by atoms with Crippen LogP contribution in [0.4, 0.5) is 0 Å². The second-order valence-corrected chi connectivity index (χ2v) is 7.75. The highest BCUT2D eigenvalue weighted by Crippen LogP contribution is 2.52. The van der Waals surface area contributed by atoms with Crippen LogP contribution in [0.5, 0.6) is 0 Å². The largest absolute Gasteiger partial charge is 0.379 e. The maximum atomic E-state index is 5.63. The lowest BCUT2D eigenvalue weighted by atomic mass is 9.61. The molecule has 3 fully saturated rings. The predicted octanol–water partition coefficient (Wildman–Crippen LogP) is 3.16. The molecule has 1 saturated carbocycles. The fraction of sp³-hybridized carbons (Fsp3) is 0.700. The first kappa shape index (κ1) is 15.6. The maximum Gasteiger partial charge on any atom is 0.0594 e. The van der Waals surface area contributed by atoms with E-state index < -0.39 is 0 Å². The van der Waals surface area contributed by atoms with Crippen LogP contribution in [0.25, 0.3) is 0 Å². The summed E-state index contributed by atoms with van der Waals surface area (Å²) in [4.78, 5) is 2.74. The van der Waals surface area contributed by atoms with Crippen LogP contribution < -0.4 is 5.32 Å². The second kappa shape index (κ2) is 6.54. The van der Waals surface area contributed by atoms with Gasteiger partial charge in [0.25, 0.3) is 0 Å². The third kappa shape index (κ3) is 2.95. The molecule has 1 aromatic carbocycles. The fourth-order valence-electron chi connectivity index (χ4n) is 5.18. The van der Waals surface area contributed by atoms with E-state index in [1.807, 2.05) is 0 Å².